The number of halogens is 1. The number of amides is 1. The molecule has 4 aromatic rings. The third-order valence-corrected chi connectivity index (χ3v) is 7.40. The minimum Gasteiger partial charge on any atom is -0.497 e. The van der Waals surface area contributed by atoms with Gasteiger partial charge in [0.25, 0.3) is 5.91 Å². The molecule has 1 aliphatic rings. The van der Waals surface area contributed by atoms with Crippen LogP contribution in [0.4, 0.5) is 0 Å². The average molecular weight is 600 g/mol. The first-order chi connectivity index (χ1) is 21.0. The summed E-state index contributed by atoms with van der Waals surface area (Å²) in [5.41, 5.74) is 7.97. The lowest BCUT2D eigenvalue weighted by Gasteiger charge is -2.31. The third-order valence-electron chi connectivity index (χ3n) is 7.15. The first-order valence-corrected chi connectivity index (χ1v) is 14.4. The van der Waals surface area contributed by atoms with Crippen LogP contribution in [0.2, 0.25) is 5.02 Å². The van der Waals surface area contributed by atoms with Gasteiger partial charge in [-0.1, -0.05) is 66.2 Å². The predicted octanol–water partition coefficient (Wildman–Crippen LogP) is 5.43. The molecule has 5 rings (SSSR count). The van der Waals surface area contributed by atoms with E-state index < -0.39 is 11.6 Å². The molecule has 222 valence electrons. The first-order valence-electron chi connectivity index (χ1n) is 14.1. The lowest BCUT2D eigenvalue weighted by molar-refractivity contribution is -0.130. The Labute approximate surface area is 256 Å². The van der Waals surface area contributed by atoms with Gasteiger partial charge in [0.2, 0.25) is 5.90 Å². The molecule has 0 spiro atoms. The molecular weight excluding hydrogens is 566 g/mol. The first kappa shape index (κ1) is 30.1. The number of rotatable bonds is 13. The molecule has 0 unspecified atom stereocenters. The molecule has 4 aromatic carbocycles. The molecule has 0 bridgehead atoms. The van der Waals surface area contributed by atoms with Crippen LogP contribution in [0.3, 0.4) is 0 Å². The molecule has 9 heteroatoms. The van der Waals surface area contributed by atoms with Crippen molar-refractivity contribution in [2.45, 2.75) is 31.0 Å². The third kappa shape index (κ3) is 7.35. The molecule has 0 saturated heterocycles. The molecule has 1 amide bonds. The number of methoxy groups -OCH3 is 1. The highest BCUT2D eigenvalue weighted by molar-refractivity contribution is 6.30. The second kappa shape index (κ2) is 14.2. The Bertz CT molecular complexity index is 1530. The maximum Gasteiger partial charge on any atom is 0.266 e. The normalized spacial score (nSPS) is 17.6. The van der Waals surface area contributed by atoms with Crippen molar-refractivity contribution in [3.05, 3.63) is 130 Å². The van der Waals surface area contributed by atoms with Crippen LogP contribution in [0.1, 0.15) is 34.8 Å². The number of hydrogen-bond donors (Lipinski definition) is 3. The number of hydrazine groups is 1. The lowest BCUT2D eigenvalue weighted by Crippen LogP contribution is -2.53. The van der Waals surface area contributed by atoms with Gasteiger partial charge in [-0.25, -0.2) is 10.4 Å². The van der Waals surface area contributed by atoms with Crippen LogP contribution >= 0.6 is 11.6 Å². The number of aliphatic hydroxyl groups is 1. The lowest BCUT2D eigenvalue weighted by atomic mass is 9.82. The SMILES string of the molecule is COc1cccc([C@@H]2OC(c3ccc(OCCCO)cc3)=N[C@]2(Cc2ccccc2)C(=O)NNCc2ccc(Cl)cc2)c1. The summed E-state index contributed by atoms with van der Waals surface area (Å²) in [4.78, 5) is 19.3. The van der Waals surface area contributed by atoms with Crippen molar-refractivity contribution >= 4 is 23.4 Å². The number of aliphatic imine (C=N–C) groups is 1. The van der Waals surface area contributed by atoms with E-state index in [9.17, 15) is 4.79 Å². The van der Waals surface area contributed by atoms with E-state index in [1.807, 2.05) is 91.0 Å². The minimum absolute atomic E-state index is 0.0640. The van der Waals surface area contributed by atoms with Gasteiger partial charge >= 0.3 is 0 Å². The van der Waals surface area contributed by atoms with Crippen LogP contribution in [0.5, 0.6) is 11.5 Å². The highest BCUT2D eigenvalue weighted by atomic mass is 35.5. The smallest absolute Gasteiger partial charge is 0.266 e. The van der Waals surface area contributed by atoms with Crippen LogP contribution < -0.4 is 20.3 Å². The standard InChI is InChI=1S/C34H34ClN3O5/c1-41-30-10-5-9-27(21-30)31-34(22-24-7-3-2-4-8-24,33(40)38-36-23-25-11-15-28(35)16-12-25)37-32(43-31)26-13-17-29(18-14-26)42-20-6-19-39/h2-5,7-18,21,31,36,39H,6,19-20,22-23H2,1H3,(H,38,40)/t31-,34-/m0/s1. The molecule has 0 aliphatic carbocycles. The van der Waals surface area contributed by atoms with Gasteiger partial charge < -0.3 is 19.3 Å². The average Bonchev–Trinajstić information content (AvgIpc) is 3.43. The number of carbonyl (C=O) groups is 1. The van der Waals surface area contributed by atoms with E-state index in [4.69, 9.17) is 35.9 Å². The highest BCUT2D eigenvalue weighted by Crippen LogP contribution is 2.43. The molecule has 3 N–H and O–H groups in total. The number of hydrogen-bond acceptors (Lipinski definition) is 7. The van der Waals surface area contributed by atoms with Gasteiger partial charge in [-0.05, 0) is 65.2 Å². The number of benzene rings is 4. The fourth-order valence-electron chi connectivity index (χ4n) is 4.93. The van der Waals surface area contributed by atoms with E-state index in [0.717, 1.165) is 16.7 Å². The summed E-state index contributed by atoms with van der Waals surface area (Å²) in [6.45, 7) is 0.867. The Morgan fingerprint density at radius 3 is 2.44 bits per heavy atom. The van der Waals surface area contributed by atoms with Crippen LogP contribution in [0.15, 0.2) is 108 Å². The van der Waals surface area contributed by atoms with Gasteiger partial charge in [0.15, 0.2) is 11.6 Å². The molecule has 1 heterocycles. The van der Waals surface area contributed by atoms with Gasteiger partial charge in [-0.15, -0.1) is 0 Å². The predicted molar refractivity (Wildman–Crippen MR) is 166 cm³/mol. The van der Waals surface area contributed by atoms with E-state index in [1.54, 1.807) is 19.2 Å². The van der Waals surface area contributed by atoms with Crippen molar-refractivity contribution in [1.29, 1.82) is 0 Å². The van der Waals surface area contributed by atoms with Crippen LogP contribution in [-0.4, -0.2) is 42.8 Å². The summed E-state index contributed by atoms with van der Waals surface area (Å²) in [6.07, 6.45) is 0.0783. The Balaban J connectivity index is 1.51. The van der Waals surface area contributed by atoms with Crippen molar-refractivity contribution in [1.82, 2.24) is 10.9 Å². The molecule has 43 heavy (non-hydrogen) atoms. The monoisotopic (exact) mass is 599 g/mol. The summed E-state index contributed by atoms with van der Waals surface area (Å²) < 4.78 is 17.8. The Kier molecular flexibility index (Phi) is 9.94. The molecule has 8 nitrogen and oxygen atoms in total. The van der Waals surface area contributed by atoms with Crippen molar-refractivity contribution in [3.63, 3.8) is 0 Å². The Morgan fingerprint density at radius 2 is 1.72 bits per heavy atom. The summed E-state index contributed by atoms with van der Waals surface area (Å²) >= 11 is 6.03. The van der Waals surface area contributed by atoms with Gasteiger partial charge in [-0.3, -0.25) is 10.2 Å². The van der Waals surface area contributed by atoms with E-state index in [2.05, 4.69) is 10.9 Å². The number of ether oxygens (including phenoxy) is 3. The van der Waals surface area contributed by atoms with Crippen molar-refractivity contribution in [2.24, 2.45) is 4.99 Å². The summed E-state index contributed by atoms with van der Waals surface area (Å²) in [6, 6.07) is 32.0. The van der Waals surface area contributed by atoms with Gasteiger partial charge in [0, 0.05) is 36.6 Å². The van der Waals surface area contributed by atoms with Gasteiger partial charge in [0.05, 0.1) is 13.7 Å². The quantitative estimate of drug-likeness (QED) is 0.140. The molecule has 2 atom stereocenters. The molecule has 0 fully saturated rings. The van der Waals surface area contributed by atoms with E-state index in [1.165, 1.54) is 0 Å². The minimum atomic E-state index is -1.35. The topological polar surface area (TPSA) is 101 Å². The van der Waals surface area contributed by atoms with Crippen molar-refractivity contribution < 1.29 is 24.1 Å². The van der Waals surface area contributed by atoms with Crippen LogP contribution in [0, 0.1) is 0 Å². The number of nitrogens with zero attached hydrogens (tertiary/aromatic N) is 1. The van der Waals surface area contributed by atoms with Crippen LogP contribution in [0.25, 0.3) is 0 Å². The fourth-order valence-corrected chi connectivity index (χ4v) is 5.06. The van der Waals surface area contributed by atoms with E-state index in [-0.39, 0.29) is 18.9 Å². The zero-order valence-electron chi connectivity index (χ0n) is 23.8. The van der Waals surface area contributed by atoms with Crippen LogP contribution in [-0.2, 0) is 22.5 Å². The Morgan fingerprint density at radius 1 is 0.953 bits per heavy atom. The summed E-state index contributed by atoms with van der Waals surface area (Å²) in [5.74, 6) is 1.32. The second-order valence-corrected chi connectivity index (χ2v) is 10.6. The van der Waals surface area contributed by atoms with Gasteiger partial charge in [-0.2, -0.15) is 0 Å². The molecule has 0 radical (unpaired) electrons. The highest BCUT2D eigenvalue weighted by Gasteiger charge is 2.53. The molecule has 0 aromatic heterocycles. The largest absolute Gasteiger partial charge is 0.497 e. The summed E-state index contributed by atoms with van der Waals surface area (Å²) in [7, 11) is 1.60. The second-order valence-electron chi connectivity index (χ2n) is 10.2. The fraction of sp³-hybridized carbons (Fsp3) is 0.235. The van der Waals surface area contributed by atoms with E-state index >= 15 is 0 Å². The summed E-state index contributed by atoms with van der Waals surface area (Å²) in [5, 5.41) is 9.69. The number of carbonyl (C=O) groups excluding carboxylic acids is 1. The molecule has 0 saturated carbocycles. The molecule has 1 aliphatic heterocycles. The van der Waals surface area contributed by atoms with Crippen molar-refractivity contribution in [2.75, 3.05) is 20.3 Å². The molecular formula is C34H34ClN3O5. The zero-order chi connectivity index (χ0) is 30.1. The van der Waals surface area contributed by atoms with Crippen molar-refractivity contribution in [3.8, 4) is 11.5 Å². The number of nitrogens with one attached hydrogen (secondary N) is 2. The maximum atomic E-state index is 14.3. The van der Waals surface area contributed by atoms with Gasteiger partial charge in [0.1, 0.15) is 11.5 Å². The number of aliphatic hydroxyl groups excluding tert-OH is 1. The Hall–Kier alpha value is -4.37. The van der Waals surface area contributed by atoms with E-state index in [0.29, 0.717) is 47.6 Å². The maximum absolute atomic E-state index is 14.3. The zero-order valence-corrected chi connectivity index (χ0v) is 24.6.